The van der Waals surface area contributed by atoms with Crippen LogP contribution in [0.25, 0.3) is 0 Å². The van der Waals surface area contributed by atoms with E-state index in [9.17, 15) is 19.7 Å². The van der Waals surface area contributed by atoms with Crippen molar-refractivity contribution in [3.05, 3.63) is 38.3 Å². The zero-order valence-corrected chi connectivity index (χ0v) is 11.4. The Morgan fingerprint density at radius 3 is 2.58 bits per heavy atom. The molecule has 0 aromatic heterocycles. The zero-order chi connectivity index (χ0) is 14.6. The average molecular weight is 332 g/mol. The number of carboxylic acid groups (broad SMARTS) is 1. The van der Waals surface area contributed by atoms with Crippen molar-refractivity contribution in [1.82, 2.24) is 0 Å². The smallest absolute Gasteiger partial charge is 0.324 e. The Morgan fingerprint density at radius 1 is 1.53 bits per heavy atom. The monoisotopic (exact) mass is 331 g/mol. The number of hydrogen-bond donors (Lipinski definition) is 1. The highest BCUT2D eigenvalue weighted by molar-refractivity contribution is 9.10. The Labute approximate surface area is 116 Å². The molecule has 1 rings (SSSR count). The fraction of sp³-hybridized carbons (Fsp3) is 0.273. The van der Waals surface area contributed by atoms with Crippen molar-refractivity contribution < 1.29 is 24.4 Å². The lowest BCUT2D eigenvalue weighted by molar-refractivity contribution is -0.385. The number of nitro groups is 1. The topological polar surface area (TPSA) is 107 Å². The van der Waals surface area contributed by atoms with Crippen LogP contribution in [0.5, 0.6) is 0 Å². The van der Waals surface area contributed by atoms with E-state index in [1.807, 2.05) is 0 Å². The summed E-state index contributed by atoms with van der Waals surface area (Å²) in [5.74, 6) is -3.79. The van der Waals surface area contributed by atoms with Crippen LogP contribution in [-0.4, -0.2) is 28.6 Å². The lowest BCUT2D eigenvalue weighted by Crippen LogP contribution is -2.23. The molecule has 102 valence electrons. The van der Waals surface area contributed by atoms with Gasteiger partial charge in [0.25, 0.3) is 5.69 Å². The van der Waals surface area contributed by atoms with Crippen LogP contribution < -0.4 is 0 Å². The summed E-state index contributed by atoms with van der Waals surface area (Å²) in [7, 11) is 0. The Hall–Kier alpha value is -1.96. The predicted molar refractivity (Wildman–Crippen MR) is 67.8 cm³/mol. The molecular formula is C11H10BrNO6. The number of hydrogen-bond acceptors (Lipinski definition) is 5. The first-order chi connectivity index (χ1) is 8.88. The van der Waals surface area contributed by atoms with Gasteiger partial charge in [0, 0.05) is 6.07 Å². The first-order valence-electron chi connectivity index (χ1n) is 5.21. The van der Waals surface area contributed by atoms with Gasteiger partial charge < -0.3 is 9.84 Å². The van der Waals surface area contributed by atoms with Crippen molar-refractivity contribution in [2.24, 2.45) is 0 Å². The number of carboxylic acids is 1. The van der Waals surface area contributed by atoms with Gasteiger partial charge in [0.1, 0.15) is 0 Å². The molecule has 1 aromatic carbocycles. The number of carbonyl (C=O) groups excluding carboxylic acids is 1. The fourth-order valence-corrected chi connectivity index (χ4v) is 2.00. The molecule has 0 amide bonds. The van der Waals surface area contributed by atoms with Crippen LogP contribution in [-0.2, 0) is 14.3 Å². The molecule has 0 saturated carbocycles. The lowest BCUT2D eigenvalue weighted by atomic mass is 9.99. The van der Waals surface area contributed by atoms with Crippen LogP contribution in [0.15, 0.2) is 22.7 Å². The summed E-state index contributed by atoms with van der Waals surface area (Å²) in [5.41, 5.74) is -0.0971. The first kappa shape index (κ1) is 15.1. The van der Waals surface area contributed by atoms with Gasteiger partial charge in [-0.3, -0.25) is 19.7 Å². The molecule has 1 atom stereocenters. The summed E-state index contributed by atoms with van der Waals surface area (Å²) in [6.45, 7) is 1.61. The van der Waals surface area contributed by atoms with Crippen LogP contribution in [0.3, 0.4) is 0 Å². The molecule has 1 unspecified atom stereocenters. The highest BCUT2D eigenvalue weighted by atomic mass is 79.9. The number of nitro benzene ring substituents is 1. The van der Waals surface area contributed by atoms with Gasteiger partial charge in [-0.05, 0) is 34.5 Å². The minimum atomic E-state index is -1.50. The normalized spacial score (nSPS) is 11.7. The Balaban J connectivity index is 3.18. The van der Waals surface area contributed by atoms with Crippen LogP contribution in [0.4, 0.5) is 5.69 Å². The van der Waals surface area contributed by atoms with Gasteiger partial charge in [-0.2, -0.15) is 0 Å². The molecule has 19 heavy (non-hydrogen) atoms. The number of aliphatic carboxylic acids is 1. The molecule has 0 heterocycles. The largest absolute Gasteiger partial charge is 0.480 e. The van der Waals surface area contributed by atoms with Gasteiger partial charge in [-0.15, -0.1) is 0 Å². The number of nitrogens with zero attached hydrogens (tertiary/aromatic N) is 1. The van der Waals surface area contributed by atoms with Crippen molar-refractivity contribution in [1.29, 1.82) is 0 Å². The Bertz CT molecular complexity index is 530. The van der Waals surface area contributed by atoms with Crippen molar-refractivity contribution in [2.75, 3.05) is 6.61 Å². The summed E-state index contributed by atoms with van der Waals surface area (Å²) in [6.07, 6.45) is 0. The molecule has 0 radical (unpaired) electrons. The fourth-order valence-electron chi connectivity index (χ4n) is 1.46. The van der Waals surface area contributed by atoms with E-state index >= 15 is 0 Å². The summed E-state index contributed by atoms with van der Waals surface area (Å²) < 4.78 is 4.77. The molecule has 0 aliphatic rings. The third-order valence-corrected chi connectivity index (χ3v) is 2.91. The van der Waals surface area contributed by atoms with Gasteiger partial charge in [0.2, 0.25) is 0 Å². The number of benzene rings is 1. The highest BCUT2D eigenvalue weighted by Crippen LogP contribution is 2.29. The van der Waals surface area contributed by atoms with Crippen molar-refractivity contribution in [2.45, 2.75) is 12.8 Å². The minimum Gasteiger partial charge on any atom is -0.480 e. The molecular weight excluding hydrogens is 322 g/mol. The standard InChI is InChI=1S/C11H10BrNO6/c1-2-19-11(16)9(10(14)15)6-3-4-8(13(17)18)7(12)5-6/h3-5,9H,2H2,1H3,(H,14,15). The third kappa shape index (κ3) is 3.50. The second kappa shape index (κ2) is 6.28. The van der Waals surface area contributed by atoms with Gasteiger partial charge >= 0.3 is 11.9 Å². The lowest BCUT2D eigenvalue weighted by Gasteiger charge is -2.11. The van der Waals surface area contributed by atoms with E-state index in [-0.39, 0.29) is 22.3 Å². The van der Waals surface area contributed by atoms with Crippen LogP contribution >= 0.6 is 15.9 Å². The SMILES string of the molecule is CCOC(=O)C(C(=O)O)c1ccc([N+](=O)[O-])c(Br)c1. The van der Waals surface area contributed by atoms with Gasteiger partial charge in [-0.1, -0.05) is 6.07 Å². The molecule has 0 aliphatic heterocycles. The van der Waals surface area contributed by atoms with E-state index in [4.69, 9.17) is 5.11 Å². The van der Waals surface area contributed by atoms with Crippen molar-refractivity contribution in [3.8, 4) is 0 Å². The molecule has 0 spiro atoms. The van der Waals surface area contributed by atoms with E-state index in [1.165, 1.54) is 12.1 Å². The number of esters is 1. The average Bonchev–Trinajstić information content (AvgIpc) is 2.28. The predicted octanol–water partition coefficient (Wildman–Crippen LogP) is 2.09. The van der Waals surface area contributed by atoms with Crippen molar-refractivity contribution >= 4 is 33.6 Å². The minimum absolute atomic E-state index is 0.0523. The van der Waals surface area contributed by atoms with E-state index in [0.29, 0.717) is 0 Å². The molecule has 1 N–H and O–H groups in total. The zero-order valence-electron chi connectivity index (χ0n) is 9.83. The maximum atomic E-state index is 11.6. The molecule has 7 nitrogen and oxygen atoms in total. The van der Waals surface area contributed by atoms with E-state index in [2.05, 4.69) is 20.7 Å². The molecule has 0 bridgehead atoms. The van der Waals surface area contributed by atoms with Crippen LogP contribution in [0.1, 0.15) is 18.4 Å². The third-order valence-electron chi connectivity index (χ3n) is 2.27. The summed E-state index contributed by atoms with van der Waals surface area (Å²) >= 11 is 2.97. The van der Waals surface area contributed by atoms with Crippen LogP contribution in [0, 0.1) is 10.1 Å². The molecule has 1 aromatic rings. The molecule has 0 fully saturated rings. The maximum absolute atomic E-state index is 11.6. The van der Waals surface area contributed by atoms with Crippen LogP contribution in [0.2, 0.25) is 0 Å². The Kier molecular flexibility index (Phi) is 4.99. The number of halogens is 1. The van der Waals surface area contributed by atoms with E-state index in [0.717, 1.165) is 6.07 Å². The first-order valence-corrected chi connectivity index (χ1v) is 6.01. The molecule has 0 aliphatic carbocycles. The maximum Gasteiger partial charge on any atom is 0.324 e. The highest BCUT2D eigenvalue weighted by Gasteiger charge is 2.30. The van der Waals surface area contributed by atoms with Gasteiger partial charge in [-0.25, -0.2) is 0 Å². The number of carbonyl (C=O) groups is 2. The second-order valence-electron chi connectivity index (χ2n) is 3.49. The summed E-state index contributed by atoms with van der Waals surface area (Å²) in [5, 5.41) is 19.7. The molecule has 8 heteroatoms. The van der Waals surface area contributed by atoms with E-state index in [1.54, 1.807) is 6.92 Å². The quantitative estimate of drug-likeness (QED) is 0.383. The van der Waals surface area contributed by atoms with Crippen molar-refractivity contribution in [3.63, 3.8) is 0 Å². The number of rotatable bonds is 5. The second-order valence-corrected chi connectivity index (χ2v) is 4.35. The number of ether oxygens (including phenoxy) is 1. The molecule has 0 saturated heterocycles. The van der Waals surface area contributed by atoms with E-state index < -0.39 is 22.8 Å². The summed E-state index contributed by atoms with van der Waals surface area (Å²) in [4.78, 5) is 32.7. The summed E-state index contributed by atoms with van der Waals surface area (Å²) in [6, 6.07) is 3.58. The van der Waals surface area contributed by atoms with Gasteiger partial charge in [0.15, 0.2) is 5.92 Å². The van der Waals surface area contributed by atoms with Gasteiger partial charge in [0.05, 0.1) is 16.0 Å². The Morgan fingerprint density at radius 2 is 2.16 bits per heavy atom.